The van der Waals surface area contributed by atoms with Gasteiger partial charge in [0.1, 0.15) is 18.8 Å². The Kier molecular flexibility index (Phi) is 48.3. The van der Waals surface area contributed by atoms with E-state index in [2.05, 4.69) is 142 Å². The summed E-state index contributed by atoms with van der Waals surface area (Å²) in [5, 5.41) is 31.5. The predicted molar refractivity (Wildman–Crippen MR) is 321 cm³/mol. The highest BCUT2D eigenvalue weighted by Gasteiger charge is 2.50. The molecule has 12 heteroatoms. The summed E-state index contributed by atoms with van der Waals surface area (Å²) in [5.41, 5.74) is 0. The average molecular weight is 1100 g/mol. The number of carboxylic acid groups (broad SMARTS) is 1. The predicted octanol–water partition coefficient (Wildman–Crippen LogP) is 15.6. The van der Waals surface area contributed by atoms with Crippen molar-refractivity contribution in [1.82, 2.24) is 0 Å². The molecule has 3 N–H and O–H groups in total. The van der Waals surface area contributed by atoms with Gasteiger partial charge in [0, 0.05) is 12.8 Å². The van der Waals surface area contributed by atoms with Gasteiger partial charge in [0.25, 0.3) is 0 Å². The molecule has 1 aliphatic rings. The van der Waals surface area contributed by atoms with Crippen molar-refractivity contribution >= 4 is 23.9 Å². The van der Waals surface area contributed by atoms with Crippen LogP contribution in [0.3, 0.4) is 0 Å². The second kappa shape index (κ2) is 53.3. The first-order valence-electron chi connectivity index (χ1n) is 29.8. The number of esters is 3. The minimum Gasteiger partial charge on any atom is -0.479 e. The van der Waals surface area contributed by atoms with E-state index in [1.165, 1.54) is 0 Å². The molecule has 0 aromatic carbocycles. The Balaban J connectivity index is 2.77. The van der Waals surface area contributed by atoms with E-state index in [0.29, 0.717) is 19.3 Å². The van der Waals surface area contributed by atoms with Crippen molar-refractivity contribution in [2.24, 2.45) is 0 Å². The number of aliphatic hydroxyl groups is 2. The van der Waals surface area contributed by atoms with Crippen molar-refractivity contribution in [2.75, 3.05) is 13.2 Å². The molecule has 6 unspecified atom stereocenters. The summed E-state index contributed by atoms with van der Waals surface area (Å²) in [7, 11) is 0. The first-order chi connectivity index (χ1) is 38.6. The van der Waals surface area contributed by atoms with Crippen molar-refractivity contribution in [2.45, 2.75) is 237 Å². The minimum absolute atomic E-state index is 0.0125. The highest BCUT2D eigenvalue weighted by Crippen LogP contribution is 2.26. The molecular weight excluding hydrogens is 997 g/mol. The summed E-state index contributed by atoms with van der Waals surface area (Å²) in [6.45, 7) is 5.54. The quantitative estimate of drug-likeness (QED) is 0.0228. The SMILES string of the molecule is CC/C=C\C/C=C\C/C=C\C/C=C\C/C=C\CC(=O)OC(COC(=O)CCCCCCCCC/C=C\C/C=C\C/C=C\CC)COC1OC(C(=O)O)C(O)C(O)C1OC(=O)CCCCCC/C=C\C/C=C\C/C=C\C/C=C\CC. The zero-order valence-corrected chi connectivity index (χ0v) is 48.5. The van der Waals surface area contributed by atoms with Crippen molar-refractivity contribution in [3.8, 4) is 0 Å². The van der Waals surface area contributed by atoms with Gasteiger partial charge in [-0.05, 0) is 116 Å². The number of rotatable bonds is 48. The van der Waals surface area contributed by atoms with Crippen molar-refractivity contribution < 1.29 is 58.2 Å². The number of aliphatic carboxylic acids is 1. The van der Waals surface area contributed by atoms with Crippen molar-refractivity contribution in [3.63, 3.8) is 0 Å². The van der Waals surface area contributed by atoms with Crippen LogP contribution in [0.5, 0.6) is 0 Å². The maximum Gasteiger partial charge on any atom is 0.335 e. The van der Waals surface area contributed by atoms with Gasteiger partial charge < -0.3 is 39.0 Å². The lowest BCUT2D eigenvalue weighted by atomic mass is 9.98. The number of ether oxygens (including phenoxy) is 5. The van der Waals surface area contributed by atoms with Crippen LogP contribution in [0.25, 0.3) is 0 Å². The summed E-state index contributed by atoms with van der Waals surface area (Å²) in [5.74, 6) is -3.36. The van der Waals surface area contributed by atoms with E-state index in [1.807, 2.05) is 18.2 Å². The van der Waals surface area contributed by atoms with Crippen LogP contribution < -0.4 is 0 Å². The Hall–Kier alpha value is -5.40. The lowest BCUT2D eigenvalue weighted by Crippen LogP contribution is -2.61. The average Bonchev–Trinajstić information content (AvgIpc) is 3.46. The number of hydrogen-bond acceptors (Lipinski definition) is 11. The van der Waals surface area contributed by atoms with E-state index in [1.54, 1.807) is 6.08 Å². The smallest absolute Gasteiger partial charge is 0.335 e. The second-order valence-corrected chi connectivity index (χ2v) is 19.5. The van der Waals surface area contributed by atoms with Crippen molar-refractivity contribution in [3.05, 3.63) is 146 Å². The number of carbonyl (C=O) groups excluding carboxylic acids is 3. The fraction of sp³-hybridized carbons (Fsp3) is 0.582. The van der Waals surface area contributed by atoms with Gasteiger partial charge in [0.05, 0.1) is 13.0 Å². The molecule has 12 nitrogen and oxygen atoms in total. The van der Waals surface area contributed by atoms with Crippen LogP contribution in [0, 0.1) is 0 Å². The maximum absolute atomic E-state index is 13.1. The van der Waals surface area contributed by atoms with Crippen LogP contribution in [-0.4, -0.2) is 89.2 Å². The van der Waals surface area contributed by atoms with Crippen molar-refractivity contribution in [1.29, 1.82) is 0 Å². The van der Waals surface area contributed by atoms with Crippen LogP contribution in [0.1, 0.15) is 201 Å². The van der Waals surface area contributed by atoms with Crippen LogP contribution in [-0.2, 0) is 42.9 Å². The number of unbranched alkanes of at least 4 members (excludes halogenated alkanes) is 11. The first-order valence-corrected chi connectivity index (χ1v) is 29.8. The lowest BCUT2D eigenvalue weighted by Gasteiger charge is -2.40. The molecule has 0 saturated carbocycles. The Morgan fingerprint density at radius 1 is 0.430 bits per heavy atom. The molecule has 1 aliphatic heterocycles. The van der Waals surface area contributed by atoms with Gasteiger partial charge in [-0.25, -0.2) is 4.79 Å². The van der Waals surface area contributed by atoms with E-state index in [-0.39, 0.29) is 25.9 Å². The van der Waals surface area contributed by atoms with E-state index < -0.39 is 67.3 Å². The maximum atomic E-state index is 13.1. The van der Waals surface area contributed by atoms with Gasteiger partial charge in [0.2, 0.25) is 0 Å². The number of aliphatic hydroxyl groups excluding tert-OH is 2. The fourth-order valence-electron chi connectivity index (χ4n) is 7.98. The number of carbonyl (C=O) groups is 4. The summed E-state index contributed by atoms with van der Waals surface area (Å²) in [6.07, 6.45) is 64.1. The largest absolute Gasteiger partial charge is 0.479 e. The van der Waals surface area contributed by atoms with Gasteiger partial charge >= 0.3 is 23.9 Å². The van der Waals surface area contributed by atoms with E-state index >= 15 is 0 Å². The topological polar surface area (TPSA) is 175 Å². The third-order valence-electron chi connectivity index (χ3n) is 12.4. The summed E-state index contributed by atoms with van der Waals surface area (Å²) in [6, 6.07) is 0. The first kappa shape index (κ1) is 71.6. The third-order valence-corrected chi connectivity index (χ3v) is 12.4. The monoisotopic (exact) mass is 1100 g/mol. The zero-order valence-electron chi connectivity index (χ0n) is 48.5. The molecule has 0 amide bonds. The Morgan fingerprint density at radius 3 is 1.22 bits per heavy atom. The second-order valence-electron chi connectivity index (χ2n) is 19.5. The summed E-state index contributed by atoms with van der Waals surface area (Å²) < 4.78 is 28.3. The van der Waals surface area contributed by atoms with Gasteiger partial charge in [-0.2, -0.15) is 0 Å². The van der Waals surface area contributed by atoms with Crippen LogP contribution >= 0.6 is 0 Å². The molecule has 0 spiro atoms. The van der Waals surface area contributed by atoms with Gasteiger partial charge in [0.15, 0.2) is 24.6 Å². The number of allylic oxidation sites excluding steroid dienone is 23. The Morgan fingerprint density at radius 2 is 0.797 bits per heavy atom. The van der Waals surface area contributed by atoms with Gasteiger partial charge in [-0.3, -0.25) is 14.4 Å². The molecule has 79 heavy (non-hydrogen) atoms. The number of hydrogen-bond donors (Lipinski definition) is 3. The fourth-order valence-corrected chi connectivity index (χ4v) is 7.98. The van der Waals surface area contributed by atoms with E-state index in [0.717, 1.165) is 141 Å². The Bertz CT molecular complexity index is 1930. The van der Waals surface area contributed by atoms with Crippen LogP contribution in [0.4, 0.5) is 0 Å². The van der Waals surface area contributed by atoms with Crippen LogP contribution in [0.2, 0.25) is 0 Å². The number of carboxylic acids is 1. The molecule has 1 saturated heterocycles. The zero-order chi connectivity index (χ0) is 57.5. The molecule has 1 heterocycles. The van der Waals surface area contributed by atoms with Gasteiger partial charge in [-0.1, -0.05) is 212 Å². The molecule has 6 atom stereocenters. The molecule has 0 aromatic rings. The Labute approximate surface area is 476 Å². The molecule has 442 valence electrons. The molecule has 0 bridgehead atoms. The molecule has 1 fully saturated rings. The molecule has 0 radical (unpaired) electrons. The molecular formula is C67H102O12. The molecule has 1 rings (SSSR count). The van der Waals surface area contributed by atoms with E-state index in [9.17, 15) is 34.5 Å². The summed E-state index contributed by atoms with van der Waals surface area (Å²) >= 11 is 0. The van der Waals surface area contributed by atoms with Crippen LogP contribution in [0.15, 0.2) is 146 Å². The third kappa shape index (κ3) is 43.1. The highest BCUT2D eigenvalue weighted by atomic mass is 16.7. The standard InChI is InChI=1S/C67H102O12/c1-4-7-10-13-16-19-22-25-28-30-33-35-38-41-44-47-50-53-59(68)75-56-58(77-60(69)54-51-48-45-42-39-36-32-27-24-21-18-15-12-9-6-3)57-76-67-65(63(72)62(71)64(79-67)66(73)74)78-61(70)55-52-49-46-43-40-37-34-31-29-26-23-20-17-14-11-8-5-2/h7-12,16-21,25-29,32,34,37,39,42,48,51,58,62-65,67,71-72H,4-6,13-15,22-24,30-31,33,35-36,38,40-41,43-47,49-50,52-57H2,1-3H3,(H,73,74)/b10-7-,11-8-,12-9-,19-16-,20-17-,21-18-,28-25-,29-26-,32-27-,37-34-,42-39-,51-48-. The summed E-state index contributed by atoms with van der Waals surface area (Å²) in [4.78, 5) is 51.1. The highest BCUT2D eigenvalue weighted by molar-refractivity contribution is 5.74. The molecule has 0 aliphatic carbocycles. The minimum atomic E-state index is -1.94. The normalized spacial score (nSPS) is 18.9. The lowest BCUT2D eigenvalue weighted by molar-refractivity contribution is -0.301. The van der Waals surface area contributed by atoms with E-state index in [4.69, 9.17) is 23.7 Å². The molecule has 0 aromatic heterocycles. The van der Waals surface area contributed by atoms with Gasteiger partial charge in [-0.15, -0.1) is 0 Å².